The first-order chi connectivity index (χ1) is 14.0. The van der Waals surface area contributed by atoms with Crippen LogP contribution in [0, 0.1) is 0 Å². The van der Waals surface area contributed by atoms with E-state index in [1.165, 1.54) is 16.3 Å². The number of furan rings is 1. The van der Waals surface area contributed by atoms with Gasteiger partial charge < -0.3 is 4.42 Å². The van der Waals surface area contributed by atoms with Crippen LogP contribution in [0.1, 0.15) is 26.3 Å². The molecule has 0 aliphatic rings. The average molecular weight is 378 g/mol. The Morgan fingerprint density at radius 3 is 2.52 bits per heavy atom. The molecule has 0 N–H and O–H groups in total. The van der Waals surface area contributed by atoms with Gasteiger partial charge in [-0.2, -0.15) is 0 Å². The molecular formula is C26H22N2O. The molecule has 0 atom stereocenters. The van der Waals surface area contributed by atoms with Gasteiger partial charge in [-0.05, 0) is 57.6 Å². The van der Waals surface area contributed by atoms with E-state index in [0.717, 1.165) is 33.5 Å². The van der Waals surface area contributed by atoms with Crippen molar-refractivity contribution in [2.45, 2.75) is 26.2 Å². The zero-order valence-corrected chi connectivity index (χ0v) is 16.8. The standard InChI is InChI=1S/C26H22N2O/c1-26(2,3)22-13-19(12-18-6-4-5-7-21(18)22)24-14-17(8-10-27-24)20-15-25-23(28-16-20)9-11-29-25/h4-16H,1-3H3. The molecule has 0 saturated carbocycles. The lowest BCUT2D eigenvalue weighted by Crippen LogP contribution is -2.12. The van der Waals surface area contributed by atoms with Crippen molar-refractivity contribution in [3.63, 3.8) is 0 Å². The number of aromatic nitrogens is 2. The van der Waals surface area contributed by atoms with Gasteiger partial charge in [0.15, 0.2) is 5.58 Å². The van der Waals surface area contributed by atoms with E-state index in [2.05, 4.69) is 73.2 Å². The molecule has 5 aromatic rings. The quantitative estimate of drug-likeness (QED) is 0.332. The van der Waals surface area contributed by atoms with Crippen LogP contribution < -0.4 is 0 Å². The Labute approximate surface area is 170 Å². The van der Waals surface area contributed by atoms with E-state index in [0.29, 0.717) is 0 Å². The molecule has 0 unspecified atom stereocenters. The summed E-state index contributed by atoms with van der Waals surface area (Å²) >= 11 is 0. The topological polar surface area (TPSA) is 38.9 Å². The Balaban J connectivity index is 1.66. The predicted molar refractivity (Wildman–Crippen MR) is 119 cm³/mol. The highest BCUT2D eigenvalue weighted by molar-refractivity contribution is 5.91. The van der Waals surface area contributed by atoms with Crippen molar-refractivity contribution in [2.75, 3.05) is 0 Å². The van der Waals surface area contributed by atoms with E-state index in [1.54, 1.807) is 6.26 Å². The number of pyridine rings is 2. The summed E-state index contributed by atoms with van der Waals surface area (Å²) in [6.07, 6.45) is 5.42. The van der Waals surface area contributed by atoms with Crippen molar-refractivity contribution in [3.8, 4) is 22.4 Å². The molecule has 142 valence electrons. The number of hydrogen-bond donors (Lipinski definition) is 0. The second-order valence-corrected chi connectivity index (χ2v) is 8.45. The molecule has 3 aromatic heterocycles. The van der Waals surface area contributed by atoms with Crippen molar-refractivity contribution in [2.24, 2.45) is 0 Å². The van der Waals surface area contributed by atoms with E-state index < -0.39 is 0 Å². The fourth-order valence-electron chi connectivity index (χ4n) is 3.85. The molecule has 0 spiro atoms. The average Bonchev–Trinajstić information content (AvgIpc) is 3.20. The third-order valence-corrected chi connectivity index (χ3v) is 5.36. The van der Waals surface area contributed by atoms with E-state index in [-0.39, 0.29) is 5.41 Å². The van der Waals surface area contributed by atoms with Crippen LogP contribution in [-0.2, 0) is 5.41 Å². The molecule has 2 aromatic carbocycles. The van der Waals surface area contributed by atoms with Crippen molar-refractivity contribution in [1.29, 1.82) is 0 Å². The fourth-order valence-corrected chi connectivity index (χ4v) is 3.85. The third-order valence-electron chi connectivity index (χ3n) is 5.36. The van der Waals surface area contributed by atoms with Gasteiger partial charge in [0.25, 0.3) is 0 Å². The monoisotopic (exact) mass is 378 g/mol. The van der Waals surface area contributed by atoms with Gasteiger partial charge in [-0.3, -0.25) is 9.97 Å². The molecule has 0 amide bonds. The van der Waals surface area contributed by atoms with Crippen molar-refractivity contribution in [1.82, 2.24) is 9.97 Å². The first kappa shape index (κ1) is 17.6. The van der Waals surface area contributed by atoms with Gasteiger partial charge >= 0.3 is 0 Å². The summed E-state index contributed by atoms with van der Waals surface area (Å²) in [5.74, 6) is 0. The minimum atomic E-state index is 0.0431. The van der Waals surface area contributed by atoms with Gasteiger partial charge in [-0.25, -0.2) is 0 Å². The predicted octanol–water partition coefficient (Wildman–Crippen LogP) is 7.01. The maximum atomic E-state index is 5.52. The molecule has 5 rings (SSSR count). The number of fused-ring (bicyclic) bond motifs is 2. The van der Waals surface area contributed by atoms with Gasteiger partial charge in [0.05, 0.1) is 12.0 Å². The van der Waals surface area contributed by atoms with Crippen LogP contribution in [0.25, 0.3) is 44.3 Å². The minimum absolute atomic E-state index is 0.0431. The lowest BCUT2D eigenvalue weighted by molar-refractivity contribution is 0.596. The second-order valence-electron chi connectivity index (χ2n) is 8.45. The summed E-state index contributed by atoms with van der Waals surface area (Å²) in [5.41, 5.74) is 7.21. The number of hydrogen-bond acceptors (Lipinski definition) is 3. The zero-order valence-electron chi connectivity index (χ0n) is 16.8. The Bertz CT molecular complexity index is 1340. The van der Waals surface area contributed by atoms with Crippen molar-refractivity contribution >= 4 is 21.9 Å². The number of benzene rings is 2. The normalized spacial score (nSPS) is 12.0. The molecule has 0 saturated heterocycles. The summed E-state index contributed by atoms with van der Waals surface area (Å²) in [4.78, 5) is 9.17. The van der Waals surface area contributed by atoms with E-state index in [4.69, 9.17) is 4.42 Å². The summed E-state index contributed by atoms with van der Waals surface area (Å²) in [6, 6.07) is 21.1. The molecule has 29 heavy (non-hydrogen) atoms. The molecular weight excluding hydrogens is 356 g/mol. The Kier molecular flexibility index (Phi) is 3.99. The SMILES string of the molecule is CC(C)(C)c1cc(-c2cc(-c3cnc4ccoc4c3)ccn2)cc2ccccc12. The first-order valence-electron chi connectivity index (χ1n) is 9.82. The number of nitrogens with zero attached hydrogens (tertiary/aromatic N) is 2. The Morgan fingerprint density at radius 2 is 1.66 bits per heavy atom. The molecule has 0 aliphatic carbocycles. The van der Waals surface area contributed by atoms with Crippen LogP contribution in [-0.4, -0.2) is 9.97 Å². The maximum absolute atomic E-state index is 5.52. The van der Waals surface area contributed by atoms with E-state index in [1.807, 2.05) is 30.6 Å². The molecule has 3 nitrogen and oxygen atoms in total. The third kappa shape index (κ3) is 3.19. The molecule has 0 fully saturated rings. The fraction of sp³-hybridized carbons (Fsp3) is 0.154. The smallest absolute Gasteiger partial charge is 0.152 e. The molecule has 0 radical (unpaired) electrons. The highest BCUT2D eigenvalue weighted by Crippen LogP contribution is 2.35. The van der Waals surface area contributed by atoms with E-state index in [9.17, 15) is 0 Å². The molecule has 0 aliphatic heterocycles. The number of rotatable bonds is 2. The van der Waals surface area contributed by atoms with Crippen molar-refractivity contribution < 1.29 is 4.42 Å². The van der Waals surface area contributed by atoms with Crippen LogP contribution in [0.4, 0.5) is 0 Å². The van der Waals surface area contributed by atoms with E-state index >= 15 is 0 Å². The molecule has 0 bridgehead atoms. The van der Waals surface area contributed by atoms with Crippen LogP contribution in [0.2, 0.25) is 0 Å². The summed E-state index contributed by atoms with van der Waals surface area (Å²) in [5, 5.41) is 2.54. The van der Waals surface area contributed by atoms with Gasteiger partial charge in [0, 0.05) is 29.6 Å². The van der Waals surface area contributed by atoms with Crippen LogP contribution in [0.3, 0.4) is 0 Å². The van der Waals surface area contributed by atoms with Crippen molar-refractivity contribution in [3.05, 3.63) is 84.9 Å². The van der Waals surface area contributed by atoms with Crippen LogP contribution in [0.5, 0.6) is 0 Å². The second kappa shape index (κ2) is 6.56. The van der Waals surface area contributed by atoms with Gasteiger partial charge in [-0.15, -0.1) is 0 Å². The van der Waals surface area contributed by atoms with Gasteiger partial charge in [-0.1, -0.05) is 45.0 Å². The largest absolute Gasteiger partial charge is 0.463 e. The van der Waals surface area contributed by atoms with Gasteiger partial charge in [0.2, 0.25) is 0 Å². The van der Waals surface area contributed by atoms with Crippen LogP contribution in [0.15, 0.2) is 83.7 Å². The minimum Gasteiger partial charge on any atom is -0.463 e. The summed E-state index contributed by atoms with van der Waals surface area (Å²) in [6.45, 7) is 6.77. The lowest BCUT2D eigenvalue weighted by Gasteiger charge is -2.22. The molecule has 3 heterocycles. The maximum Gasteiger partial charge on any atom is 0.152 e. The Hall–Kier alpha value is -3.46. The highest BCUT2D eigenvalue weighted by atomic mass is 16.3. The first-order valence-corrected chi connectivity index (χ1v) is 9.82. The highest BCUT2D eigenvalue weighted by Gasteiger charge is 2.18. The summed E-state index contributed by atoms with van der Waals surface area (Å²) < 4.78 is 5.52. The lowest BCUT2D eigenvalue weighted by atomic mass is 9.82. The Morgan fingerprint density at radius 1 is 0.793 bits per heavy atom. The van der Waals surface area contributed by atoms with Crippen LogP contribution >= 0.6 is 0 Å². The molecule has 3 heteroatoms. The zero-order chi connectivity index (χ0) is 20.0. The van der Waals surface area contributed by atoms with Gasteiger partial charge in [0.1, 0.15) is 5.52 Å². The summed E-state index contributed by atoms with van der Waals surface area (Å²) in [7, 11) is 0.